The number of hydrogen-bond acceptors (Lipinski definition) is 3. The Labute approximate surface area is 96.6 Å². The van der Waals surface area contributed by atoms with Gasteiger partial charge in [0, 0.05) is 19.1 Å². The average Bonchev–Trinajstić information content (AvgIpc) is 2.29. The van der Waals surface area contributed by atoms with Crippen LogP contribution >= 0.6 is 0 Å². The number of sulfonamides is 1. The number of carbonyl (C=O) groups is 1. The summed E-state index contributed by atoms with van der Waals surface area (Å²) in [5.74, 6) is -0.0618. The first kappa shape index (κ1) is 13.2. The monoisotopic (exact) mass is 246 g/mol. The molecule has 0 aromatic carbocycles. The predicted octanol–water partition coefficient (Wildman–Crippen LogP) is 0.103. The van der Waals surface area contributed by atoms with Crippen LogP contribution in [0, 0.1) is 0 Å². The molecule has 0 unspecified atom stereocenters. The van der Waals surface area contributed by atoms with Crippen molar-refractivity contribution in [2.45, 2.75) is 25.8 Å². The highest BCUT2D eigenvalue weighted by atomic mass is 32.2. The second kappa shape index (κ2) is 5.45. The van der Waals surface area contributed by atoms with Crippen LogP contribution in [0.25, 0.3) is 0 Å². The molecular weight excluding hydrogens is 228 g/mol. The Kier molecular flexibility index (Phi) is 4.49. The molecule has 0 spiro atoms. The molecule has 0 atom stereocenters. The molecule has 0 aromatic heterocycles. The Hall–Kier alpha value is -0.880. The van der Waals surface area contributed by atoms with E-state index in [0.717, 1.165) is 0 Å². The molecule has 1 aliphatic heterocycles. The molecule has 1 amide bonds. The van der Waals surface area contributed by atoms with Crippen molar-refractivity contribution in [3.63, 3.8) is 0 Å². The third-order valence-electron chi connectivity index (χ3n) is 2.74. The molecule has 16 heavy (non-hydrogen) atoms. The molecule has 6 heteroatoms. The van der Waals surface area contributed by atoms with Crippen molar-refractivity contribution >= 4 is 15.9 Å². The smallest absolute Gasteiger partial charge is 0.243 e. The second-order valence-corrected chi connectivity index (χ2v) is 6.04. The second-order valence-electron chi connectivity index (χ2n) is 3.79. The first-order valence-corrected chi connectivity index (χ1v) is 7.01. The summed E-state index contributed by atoms with van der Waals surface area (Å²) < 4.78 is 24.6. The Bertz CT molecular complexity index is 356. The highest BCUT2D eigenvalue weighted by Gasteiger charge is 2.26. The third kappa shape index (κ3) is 3.31. The molecule has 5 nitrogen and oxygen atoms in total. The fourth-order valence-electron chi connectivity index (χ4n) is 1.72. The topological polar surface area (TPSA) is 66.5 Å². The molecule has 1 rings (SSSR count). The van der Waals surface area contributed by atoms with Crippen LogP contribution in [-0.4, -0.2) is 43.5 Å². The first-order chi connectivity index (χ1) is 7.49. The van der Waals surface area contributed by atoms with Gasteiger partial charge in [-0.05, 0) is 25.8 Å². The van der Waals surface area contributed by atoms with Crippen LogP contribution < -0.4 is 5.32 Å². The van der Waals surface area contributed by atoms with Gasteiger partial charge in [-0.25, -0.2) is 12.7 Å². The van der Waals surface area contributed by atoms with Crippen molar-refractivity contribution in [2.75, 3.05) is 18.8 Å². The Morgan fingerprint density at radius 3 is 2.50 bits per heavy atom. The van der Waals surface area contributed by atoms with Gasteiger partial charge in [-0.1, -0.05) is 6.58 Å². The van der Waals surface area contributed by atoms with Gasteiger partial charge in [0.1, 0.15) is 0 Å². The summed E-state index contributed by atoms with van der Waals surface area (Å²) in [5, 5.41) is 2.78. The summed E-state index contributed by atoms with van der Waals surface area (Å²) in [6.45, 7) is 5.98. The molecular formula is C10H18N2O3S. The lowest BCUT2D eigenvalue weighted by atomic mass is 10.1. The van der Waals surface area contributed by atoms with Crippen LogP contribution in [0.1, 0.15) is 19.8 Å². The number of hydrogen-bond donors (Lipinski definition) is 1. The minimum absolute atomic E-state index is 0.0637. The van der Waals surface area contributed by atoms with Crippen molar-refractivity contribution < 1.29 is 13.2 Å². The minimum atomic E-state index is -3.08. The van der Waals surface area contributed by atoms with E-state index >= 15 is 0 Å². The van der Waals surface area contributed by atoms with E-state index in [4.69, 9.17) is 0 Å². The normalized spacial score (nSPS) is 19.3. The van der Waals surface area contributed by atoms with Gasteiger partial charge in [-0.15, -0.1) is 0 Å². The van der Waals surface area contributed by atoms with Crippen LogP contribution in [0.5, 0.6) is 0 Å². The number of nitrogens with one attached hydrogen (secondary N) is 1. The van der Waals surface area contributed by atoms with E-state index in [1.165, 1.54) is 10.4 Å². The van der Waals surface area contributed by atoms with Crippen molar-refractivity contribution in [2.24, 2.45) is 0 Å². The molecule has 0 aromatic rings. The number of nitrogens with zero attached hydrogens (tertiary/aromatic N) is 1. The molecule has 0 radical (unpaired) electrons. The van der Waals surface area contributed by atoms with Gasteiger partial charge >= 0.3 is 0 Å². The Morgan fingerprint density at radius 2 is 2.06 bits per heavy atom. The molecule has 1 N–H and O–H groups in total. The molecule has 1 heterocycles. The van der Waals surface area contributed by atoms with E-state index in [9.17, 15) is 13.2 Å². The third-order valence-corrected chi connectivity index (χ3v) is 4.63. The van der Waals surface area contributed by atoms with Crippen LogP contribution in [0.3, 0.4) is 0 Å². The van der Waals surface area contributed by atoms with Crippen molar-refractivity contribution in [1.82, 2.24) is 9.62 Å². The van der Waals surface area contributed by atoms with Crippen molar-refractivity contribution in [3.05, 3.63) is 12.7 Å². The summed E-state index contributed by atoms with van der Waals surface area (Å²) in [6, 6.07) is 0.0637. The SMILES string of the molecule is C=CC(=O)NC1CCN(S(=O)(=O)CC)CC1. The number of rotatable bonds is 4. The lowest BCUT2D eigenvalue weighted by Crippen LogP contribution is -2.46. The fraction of sp³-hybridized carbons (Fsp3) is 0.700. The van der Waals surface area contributed by atoms with Gasteiger partial charge in [0.15, 0.2) is 0 Å². The van der Waals surface area contributed by atoms with Gasteiger partial charge in [-0.3, -0.25) is 4.79 Å². The zero-order valence-electron chi connectivity index (χ0n) is 9.48. The van der Waals surface area contributed by atoms with Gasteiger partial charge in [0.25, 0.3) is 0 Å². The van der Waals surface area contributed by atoms with E-state index in [0.29, 0.717) is 25.9 Å². The highest BCUT2D eigenvalue weighted by molar-refractivity contribution is 7.89. The highest BCUT2D eigenvalue weighted by Crippen LogP contribution is 2.14. The molecule has 0 aliphatic carbocycles. The van der Waals surface area contributed by atoms with E-state index in [-0.39, 0.29) is 17.7 Å². The number of carbonyl (C=O) groups excluding carboxylic acids is 1. The number of piperidine rings is 1. The lowest BCUT2D eigenvalue weighted by Gasteiger charge is -2.31. The Balaban J connectivity index is 2.46. The summed E-state index contributed by atoms with van der Waals surface area (Å²) in [6.07, 6.45) is 2.56. The zero-order valence-corrected chi connectivity index (χ0v) is 10.3. The minimum Gasteiger partial charge on any atom is -0.350 e. The standard InChI is InChI=1S/C10H18N2O3S/c1-3-10(13)11-9-5-7-12(8-6-9)16(14,15)4-2/h3,9H,1,4-8H2,2H3,(H,11,13). The predicted molar refractivity (Wildman–Crippen MR) is 62.4 cm³/mol. The van der Waals surface area contributed by atoms with E-state index in [2.05, 4.69) is 11.9 Å². The van der Waals surface area contributed by atoms with E-state index < -0.39 is 10.0 Å². The zero-order chi connectivity index (χ0) is 12.2. The Morgan fingerprint density at radius 1 is 1.50 bits per heavy atom. The van der Waals surface area contributed by atoms with Crippen molar-refractivity contribution in [1.29, 1.82) is 0 Å². The van der Waals surface area contributed by atoms with Gasteiger partial charge in [-0.2, -0.15) is 0 Å². The van der Waals surface area contributed by atoms with Crippen LogP contribution in [0.4, 0.5) is 0 Å². The van der Waals surface area contributed by atoms with Crippen molar-refractivity contribution in [3.8, 4) is 0 Å². The first-order valence-electron chi connectivity index (χ1n) is 5.40. The van der Waals surface area contributed by atoms with Gasteiger partial charge < -0.3 is 5.32 Å². The van der Waals surface area contributed by atoms with E-state index in [1.807, 2.05) is 0 Å². The van der Waals surface area contributed by atoms with Crippen LogP contribution in [0.2, 0.25) is 0 Å². The maximum absolute atomic E-state index is 11.6. The molecule has 0 bridgehead atoms. The maximum Gasteiger partial charge on any atom is 0.243 e. The average molecular weight is 246 g/mol. The lowest BCUT2D eigenvalue weighted by molar-refractivity contribution is -0.117. The molecule has 1 fully saturated rings. The van der Waals surface area contributed by atoms with E-state index in [1.54, 1.807) is 6.92 Å². The quantitative estimate of drug-likeness (QED) is 0.716. The summed E-state index contributed by atoms with van der Waals surface area (Å²) in [5.41, 5.74) is 0. The molecule has 1 aliphatic rings. The summed E-state index contributed by atoms with van der Waals surface area (Å²) >= 11 is 0. The summed E-state index contributed by atoms with van der Waals surface area (Å²) in [4.78, 5) is 11.1. The fourth-order valence-corrected chi connectivity index (χ4v) is 2.85. The largest absolute Gasteiger partial charge is 0.350 e. The molecule has 0 saturated carbocycles. The molecule has 92 valence electrons. The van der Waals surface area contributed by atoms with Gasteiger partial charge in [0.05, 0.1) is 5.75 Å². The molecule has 1 saturated heterocycles. The maximum atomic E-state index is 11.6. The van der Waals surface area contributed by atoms with Crippen LogP contribution in [0.15, 0.2) is 12.7 Å². The summed E-state index contributed by atoms with van der Waals surface area (Å²) in [7, 11) is -3.08. The number of amides is 1. The van der Waals surface area contributed by atoms with Gasteiger partial charge in [0.2, 0.25) is 15.9 Å². The van der Waals surface area contributed by atoms with Crippen LogP contribution in [-0.2, 0) is 14.8 Å².